The van der Waals surface area contributed by atoms with Crippen molar-refractivity contribution >= 4 is 27.3 Å². The highest BCUT2D eigenvalue weighted by molar-refractivity contribution is 7.92. The third kappa shape index (κ3) is 4.50. The van der Waals surface area contributed by atoms with Gasteiger partial charge in [0, 0.05) is 11.5 Å². The first-order valence-electron chi connectivity index (χ1n) is 6.75. The van der Waals surface area contributed by atoms with Crippen LogP contribution < -0.4 is 4.72 Å². The number of amides is 1. The molecule has 1 fully saturated rings. The van der Waals surface area contributed by atoms with Gasteiger partial charge in [0.2, 0.25) is 0 Å². The molecule has 0 bridgehead atoms. The molecule has 1 aliphatic rings. The number of carbonyl (C=O) groups excluding carboxylic acids is 1. The molecule has 1 saturated heterocycles. The van der Waals surface area contributed by atoms with Gasteiger partial charge in [0.1, 0.15) is 10.3 Å². The maximum Gasteiger partial charge on any atom is 0.273 e. The van der Waals surface area contributed by atoms with E-state index in [1.807, 2.05) is 4.72 Å². The maximum absolute atomic E-state index is 12.0. The van der Waals surface area contributed by atoms with Gasteiger partial charge < -0.3 is 9.47 Å². The Morgan fingerprint density at radius 2 is 2.33 bits per heavy atom. The van der Waals surface area contributed by atoms with Crippen molar-refractivity contribution in [2.45, 2.75) is 43.1 Å². The molecule has 0 radical (unpaired) electrons. The zero-order chi connectivity index (χ0) is 15.5. The van der Waals surface area contributed by atoms with Crippen molar-refractivity contribution in [3.63, 3.8) is 0 Å². The molecule has 1 aromatic rings. The Labute approximate surface area is 128 Å². The topological polar surface area (TPSA) is 81.7 Å². The van der Waals surface area contributed by atoms with E-state index in [9.17, 15) is 13.2 Å². The summed E-state index contributed by atoms with van der Waals surface area (Å²) < 4.78 is 37.0. The van der Waals surface area contributed by atoms with E-state index in [4.69, 9.17) is 9.47 Å². The number of ether oxygens (including phenoxy) is 2. The van der Waals surface area contributed by atoms with Crippen molar-refractivity contribution in [1.29, 1.82) is 0 Å². The van der Waals surface area contributed by atoms with Crippen molar-refractivity contribution in [3.8, 4) is 0 Å². The lowest BCUT2D eigenvalue weighted by atomic mass is 10.2. The van der Waals surface area contributed by atoms with E-state index >= 15 is 0 Å². The molecule has 0 aliphatic carbocycles. The zero-order valence-corrected chi connectivity index (χ0v) is 13.6. The quantitative estimate of drug-likeness (QED) is 0.852. The summed E-state index contributed by atoms with van der Waals surface area (Å²) in [6, 6.07) is 3.18. The normalized spacial score (nSPS) is 20.4. The highest BCUT2D eigenvalue weighted by atomic mass is 32.2. The van der Waals surface area contributed by atoms with Crippen molar-refractivity contribution in [1.82, 2.24) is 4.72 Å². The summed E-state index contributed by atoms with van der Waals surface area (Å²) in [6.07, 6.45) is 1.05. The van der Waals surface area contributed by atoms with Crippen LogP contribution in [0.4, 0.5) is 0 Å². The Morgan fingerprint density at radius 3 is 2.90 bits per heavy atom. The van der Waals surface area contributed by atoms with Gasteiger partial charge >= 0.3 is 0 Å². The molecule has 1 aromatic heterocycles. The molecular weight excluding hydrogens is 314 g/mol. The summed E-state index contributed by atoms with van der Waals surface area (Å²) >= 11 is 1.12. The van der Waals surface area contributed by atoms with Gasteiger partial charge in [-0.15, -0.1) is 11.3 Å². The fourth-order valence-electron chi connectivity index (χ4n) is 1.93. The summed E-state index contributed by atoms with van der Waals surface area (Å²) in [5.74, 6) is -0.668. The molecule has 6 nitrogen and oxygen atoms in total. The first-order chi connectivity index (χ1) is 9.88. The number of thiophene rings is 1. The zero-order valence-electron chi connectivity index (χ0n) is 12.0. The Bertz CT molecular complexity index is 589. The molecule has 0 unspecified atom stereocenters. The van der Waals surface area contributed by atoms with Gasteiger partial charge in [0.05, 0.1) is 12.7 Å². The number of hydrogen-bond acceptors (Lipinski definition) is 6. The predicted octanol–water partition coefficient (Wildman–Crippen LogP) is 1.45. The van der Waals surface area contributed by atoms with E-state index in [0.29, 0.717) is 13.2 Å². The molecule has 2 atom stereocenters. The van der Waals surface area contributed by atoms with Crippen LogP contribution in [-0.2, 0) is 24.3 Å². The molecule has 0 spiro atoms. The van der Waals surface area contributed by atoms with E-state index in [1.54, 1.807) is 13.0 Å². The van der Waals surface area contributed by atoms with Gasteiger partial charge in [-0.1, -0.05) is 0 Å². The molecule has 118 valence electrons. The van der Waals surface area contributed by atoms with Gasteiger partial charge in [0.15, 0.2) is 0 Å². The van der Waals surface area contributed by atoms with Crippen molar-refractivity contribution < 1.29 is 22.7 Å². The first-order valence-corrected chi connectivity index (χ1v) is 9.05. The Hall–Kier alpha value is -0.960. The lowest BCUT2D eigenvalue weighted by Gasteiger charge is -2.15. The van der Waals surface area contributed by atoms with Crippen LogP contribution in [-0.4, -0.2) is 39.7 Å². The lowest BCUT2D eigenvalue weighted by Crippen LogP contribution is -2.39. The van der Waals surface area contributed by atoms with Crippen LogP contribution in [0.15, 0.2) is 16.3 Å². The van der Waals surface area contributed by atoms with Crippen LogP contribution in [0.1, 0.15) is 24.6 Å². The highest BCUT2D eigenvalue weighted by Gasteiger charge is 2.25. The van der Waals surface area contributed by atoms with E-state index in [2.05, 4.69) is 0 Å². The van der Waals surface area contributed by atoms with Crippen LogP contribution in [0, 0.1) is 6.92 Å². The lowest BCUT2D eigenvalue weighted by molar-refractivity contribution is -0.131. The van der Waals surface area contributed by atoms with E-state index in [-0.39, 0.29) is 10.3 Å². The van der Waals surface area contributed by atoms with Gasteiger partial charge in [-0.2, -0.15) is 0 Å². The van der Waals surface area contributed by atoms with Gasteiger partial charge in [-0.05, 0) is 38.8 Å². The minimum Gasteiger partial charge on any atom is -0.376 e. The second kappa shape index (κ2) is 6.87. The number of rotatable bonds is 6. The van der Waals surface area contributed by atoms with Crippen molar-refractivity contribution in [2.24, 2.45) is 0 Å². The fraction of sp³-hybridized carbons (Fsp3) is 0.615. The number of hydrogen-bond donors (Lipinski definition) is 1. The number of sulfonamides is 1. The van der Waals surface area contributed by atoms with E-state index in [0.717, 1.165) is 29.1 Å². The molecular formula is C13H19NO5S2. The average Bonchev–Trinajstić information content (AvgIpc) is 3.06. The minimum absolute atomic E-state index is 0.00296. The third-order valence-corrected chi connectivity index (χ3v) is 5.98. The summed E-state index contributed by atoms with van der Waals surface area (Å²) in [7, 11) is -3.81. The third-order valence-electron chi connectivity index (χ3n) is 3.14. The van der Waals surface area contributed by atoms with Gasteiger partial charge in [0.25, 0.3) is 15.9 Å². The van der Waals surface area contributed by atoms with Crippen LogP contribution in [0.5, 0.6) is 0 Å². The molecule has 8 heteroatoms. The van der Waals surface area contributed by atoms with E-state index < -0.39 is 22.0 Å². The standard InChI is InChI=1S/C13H19NO5S2/c1-9-5-6-12(20-9)21(16,17)14-13(15)10(2)19-8-11-4-3-7-18-11/h5-6,10-11H,3-4,7-8H2,1-2H3,(H,14,15)/t10-,11+/m0/s1. The number of nitrogens with one attached hydrogen (secondary N) is 1. The number of aryl methyl sites for hydroxylation is 1. The van der Waals surface area contributed by atoms with Crippen LogP contribution >= 0.6 is 11.3 Å². The summed E-state index contributed by atoms with van der Waals surface area (Å²) in [5, 5.41) is 0. The average molecular weight is 333 g/mol. The molecule has 21 heavy (non-hydrogen) atoms. The first kappa shape index (κ1) is 16.4. The van der Waals surface area contributed by atoms with Crippen LogP contribution in [0.3, 0.4) is 0 Å². The molecule has 0 saturated carbocycles. The van der Waals surface area contributed by atoms with Gasteiger partial charge in [-0.3, -0.25) is 4.79 Å². The second-order valence-electron chi connectivity index (χ2n) is 4.95. The molecule has 1 aliphatic heterocycles. The van der Waals surface area contributed by atoms with Crippen molar-refractivity contribution in [3.05, 3.63) is 17.0 Å². The second-order valence-corrected chi connectivity index (χ2v) is 8.14. The SMILES string of the molecule is Cc1ccc(S(=O)(=O)NC(=O)[C@H](C)OC[C@H]2CCCO2)s1. The summed E-state index contributed by atoms with van der Waals surface area (Å²) in [6.45, 7) is 4.34. The molecule has 0 aromatic carbocycles. The van der Waals surface area contributed by atoms with Crippen molar-refractivity contribution in [2.75, 3.05) is 13.2 Å². The maximum atomic E-state index is 12.0. The molecule has 2 heterocycles. The molecule has 1 N–H and O–H groups in total. The Kier molecular flexibility index (Phi) is 5.37. The molecule has 1 amide bonds. The largest absolute Gasteiger partial charge is 0.376 e. The van der Waals surface area contributed by atoms with Crippen LogP contribution in [0.25, 0.3) is 0 Å². The highest BCUT2D eigenvalue weighted by Crippen LogP contribution is 2.20. The Morgan fingerprint density at radius 1 is 1.57 bits per heavy atom. The minimum atomic E-state index is -3.81. The van der Waals surface area contributed by atoms with Crippen LogP contribution in [0.2, 0.25) is 0 Å². The summed E-state index contributed by atoms with van der Waals surface area (Å²) in [4.78, 5) is 12.8. The molecule has 2 rings (SSSR count). The predicted molar refractivity (Wildman–Crippen MR) is 78.8 cm³/mol. The smallest absolute Gasteiger partial charge is 0.273 e. The number of carbonyl (C=O) groups is 1. The Balaban J connectivity index is 1.87. The van der Waals surface area contributed by atoms with E-state index in [1.165, 1.54) is 13.0 Å². The summed E-state index contributed by atoms with van der Waals surface area (Å²) in [5.41, 5.74) is 0. The van der Waals surface area contributed by atoms with Gasteiger partial charge in [-0.25, -0.2) is 13.1 Å². The fourth-order valence-corrected chi connectivity index (χ4v) is 4.25. The monoisotopic (exact) mass is 333 g/mol.